The van der Waals surface area contributed by atoms with Crippen LogP contribution in [0.4, 0.5) is 0 Å². The van der Waals surface area contributed by atoms with Gasteiger partial charge in [-0.3, -0.25) is 14.8 Å². The summed E-state index contributed by atoms with van der Waals surface area (Å²) in [6, 6.07) is 17.3. The van der Waals surface area contributed by atoms with E-state index in [1.165, 1.54) is 0 Å². The summed E-state index contributed by atoms with van der Waals surface area (Å²) >= 11 is 0. The molecule has 3 aromatic rings. The van der Waals surface area contributed by atoms with Crippen LogP contribution in [0.3, 0.4) is 0 Å². The van der Waals surface area contributed by atoms with E-state index >= 15 is 0 Å². The number of aromatic nitrogens is 2. The summed E-state index contributed by atoms with van der Waals surface area (Å²) in [4.78, 5) is 24.1. The number of amides is 1. The van der Waals surface area contributed by atoms with Crippen LogP contribution in [0.2, 0.25) is 0 Å². The number of benzene rings is 1. The van der Waals surface area contributed by atoms with Gasteiger partial charge in [-0.25, -0.2) is 0 Å². The molecule has 0 spiro atoms. The van der Waals surface area contributed by atoms with Gasteiger partial charge in [0.2, 0.25) is 0 Å². The third-order valence-electron chi connectivity index (χ3n) is 5.19. The van der Waals surface area contributed by atoms with Crippen LogP contribution >= 0.6 is 0 Å². The van der Waals surface area contributed by atoms with E-state index in [2.05, 4.69) is 9.97 Å². The minimum atomic E-state index is 0.0398. The molecule has 0 saturated carbocycles. The van der Waals surface area contributed by atoms with Gasteiger partial charge in [0.1, 0.15) is 11.4 Å². The van der Waals surface area contributed by atoms with E-state index in [0.29, 0.717) is 11.3 Å². The Kier molecular flexibility index (Phi) is 5.33. The first-order chi connectivity index (χ1) is 13.8. The molecule has 5 nitrogen and oxygen atoms in total. The standard InChI is InChI=1S/C23H23N3O2/c1-28-21-9-6-15-25-22(21)17-10-12-18(13-11-17)23(27)26-16-5-3-8-20(26)19-7-2-4-14-24-19/h2,4,6-7,9-15,20H,3,5,8,16H2,1H3/t20-/m0/s1. The summed E-state index contributed by atoms with van der Waals surface area (Å²) in [5.41, 5.74) is 3.34. The van der Waals surface area contributed by atoms with Crippen molar-refractivity contribution in [2.24, 2.45) is 0 Å². The van der Waals surface area contributed by atoms with Gasteiger partial charge in [-0.05, 0) is 55.7 Å². The van der Waals surface area contributed by atoms with E-state index in [-0.39, 0.29) is 11.9 Å². The fraction of sp³-hybridized carbons (Fsp3) is 0.261. The van der Waals surface area contributed by atoms with Crippen molar-refractivity contribution in [3.63, 3.8) is 0 Å². The van der Waals surface area contributed by atoms with Crippen LogP contribution in [0, 0.1) is 0 Å². The van der Waals surface area contributed by atoms with Crippen molar-refractivity contribution in [2.75, 3.05) is 13.7 Å². The molecule has 0 unspecified atom stereocenters. The summed E-state index contributed by atoms with van der Waals surface area (Å²) in [6.45, 7) is 0.760. The molecule has 3 heterocycles. The Morgan fingerprint density at radius 1 is 1.00 bits per heavy atom. The van der Waals surface area contributed by atoms with Crippen LogP contribution in [0.15, 0.2) is 67.0 Å². The third kappa shape index (κ3) is 3.60. The fourth-order valence-electron chi connectivity index (χ4n) is 3.76. The van der Waals surface area contributed by atoms with E-state index in [1.807, 2.05) is 59.5 Å². The Morgan fingerprint density at radius 2 is 1.82 bits per heavy atom. The van der Waals surface area contributed by atoms with Gasteiger partial charge in [0.25, 0.3) is 5.91 Å². The lowest BCUT2D eigenvalue weighted by Crippen LogP contribution is -2.38. The topological polar surface area (TPSA) is 55.3 Å². The van der Waals surface area contributed by atoms with Crippen LogP contribution in [-0.4, -0.2) is 34.4 Å². The number of methoxy groups -OCH3 is 1. The number of carbonyl (C=O) groups is 1. The van der Waals surface area contributed by atoms with E-state index in [1.54, 1.807) is 19.5 Å². The van der Waals surface area contributed by atoms with Gasteiger partial charge in [0.15, 0.2) is 0 Å². The average Bonchev–Trinajstić information content (AvgIpc) is 2.79. The van der Waals surface area contributed by atoms with Crippen molar-refractivity contribution in [1.82, 2.24) is 14.9 Å². The molecule has 1 aromatic carbocycles. The summed E-state index contributed by atoms with van der Waals surface area (Å²) < 4.78 is 5.39. The monoisotopic (exact) mass is 373 g/mol. The zero-order valence-electron chi connectivity index (χ0n) is 15.9. The van der Waals surface area contributed by atoms with Gasteiger partial charge in [-0.15, -0.1) is 0 Å². The molecule has 1 aliphatic heterocycles. The van der Waals surface area contributed by atoms with Crippen molar-refractivity contribution < 1.29 is 9.53 Å². The molecule has 0 aliphatic carbocycles. The summed E-state index contributed by atoms with van der Waals surface area (Å²) in [7, 11) is 1.63. The van der Waals surface area contributed by atoms with E-state index in [0.717, 1.165) is 42.8 Å². The number of rotatable bonds is 4. The van der Waals surface area contributed by atoms with E-state index in [4.69, 9.17) is 4.74 Å². The number of likely N-dealkylation sites (tertiary alicyclic amines) is 1. The lowest BCUT2D eigenvalue weighted by atomic mass is 9.97. The molecule has 28 heavy (non-hydrogen) atoms. The molecule has 2 aromatic heterocycles. The first kappa shape index (κ1) is 18.2. The largest absolute Gasteiger partial charge is 0.494 e. The van der Waals surface area contributed by atoms with Gasteiger partial charge in [0.05, 0.1) is 18.8 Å². The van der Waals surface area contributed by atoms with Crippen LogP contribution in [0.5, 0.6) is 5.75 Å². The first-order valence-corrected chi connectivity index (χ1v) is 9.59. The number of hydrogen-bond donors (Lipinski definition) is 0. The highest BCUT2D eigenvalue weighted by Gasteiger charge is 2.29. The molecular weight excluding hydrogens is 350 g/mol. The summed E-state index contributed by atoms with van der Waals surface area (Å²) in [5.74, 6) is 0.766. The van der Waals surface area contributed by atoms with Gasteiger partial charge in [-0.1, -0.05) is 18.2 Å². The molecule has 1 atom stereocenters. The first-order valence-electron chi connectivity index (χ1n) is 9.59. The number of carbonyl (C=O) groups excluding carboxylic acids is 1. The fourth-order valence-corrected chi connectivity index (χ4v) is 3.76. The van der Waals surface area contributed by atoms with Gasteiger partial charge in [0, 0.05) is 30.1 Å². The highest BCUT2D eigenvalue weighted by atomic mass is 16.5. The molecule has 0 N–H and O–H groups in total. The number of nitrogens with zero attached hydrogens (tertiary/aromatic N) is 3. The molecule has 0 bridgehead atoms. The van der Waals surface area contributed by atoms with Crippen molar-refractivity contribution in [3.8, 4) is 17.0 Å². The molecule has 4 rings (SSSR count). The Hall–Kier alpha value is -3.21. The maximum absolute atomic E-state index is 13.2. The Bertz CT molecular complexity index is 942. The zero-order valence-corrected chi connectivity index (χ0v) is 15.9. The Morgan fingerprint density at radius 3 is 2.57 bits per heavy atom. The molecule has 142 valence electrons. The van der Waals surface area contributed by atoms with Gasteiger partial charge in [-0.2, -0.15) is 0 Å². The van der Waals surface area contributed by atoms with Crippen LogP contribution < -0.4 is 4.74 Å². The molecule has 1 aliphatic rings. The SMILES string of the molecule is COc1cccnc1-c1ccc(C(=O)N2CCCC[C@H]2c2ccccn2)cc1. The number of piperidine rings is 1. The van der Waals surface area contributed by atoms with Crippen LogP contribution in [-0.2, 0) is 0 Å². The second kappa shape index (κ2) is 8.21. The highest BCUT2D eigenvalue weighted by molar-refractivity contribution is 5.95. The van der Waals surface area contributed by atoms with Gasteiger partial charge < -0.3 is 9.64 Å². The molecular formula is C23H23N3O2. The highest BCUT2D eigenvalue weighted by Crippen LogP contribution is 2.32. The smallest absolute Gasteiger partial charge is 0.254 e. The molecule has 1 amide bonds. The normalized spacial score (nSPS) is 16.6. The molecule has 1 fully saturated rings. The predicted molar refractivity (Wildman–Crippen MR) is 108 cm³/mol. The lowest BCUT2D eigenvalue weighted by molar-refractivity contribution is 0.0606. The lowest BCUT2D eigenvalue weighted by Gasteiger charge is -2.35. The maximum Gasteiger partial charge on any atom is 0.254 e. The van der Waals surface area contributed by atoms with Crippen molar-refractivity contribution in [2.45, 2.75) is 25.3 Å². The van der Waals surface area contributed by atoms with Crippen LogP contribution in [0.25, 0.3) is 11.3 Å². The minimum absolute atomic E-state index is 0.0398. The van der Waals surface area contributed by atoms with Crippen molar-refractivity contribution >= 4 is 5.91 Å². The molecule has 1 saturated heterocycles. The quantitative estimate of drug-likeness (QED) is 0.675. The third-order valence-corrected chi connectivity index (χ3v) is 5.19. The predicted octanol–water partition coefficient (Wildman–Crippen LogP) is 4.52. The minimum Gasteiger partial charge on any atom is -0.494 e. The molecule has 0 radical (unpaired) electrons. The Balaban J connectivity index is 1.59. The van der Waals surface area contributed by atoms with Crippen molar-refractivity contribution in [1.29, 1.82) is 0 Å². The average molecular weight is 373 g/mol. The molecule has 5 heteroatoms. The number of hydrogen-bond acceptors (Lipinski definition) is 4. The zero-order chi connectivity index (χ0) is 19.3. The van der Waals surface area contributed by atoms with Gasteiger partial charge >= 0.3 is 0 Å². The van der Waals surface area contributed by atoms with E-state index in [9.17, 15) is 4.79 Å². The number of pyridine rings is 2. The van der Waals surface area contributed by atoms with E-state index < -0.39 is 0 Å². The summed E-state index contributed by atoms with van der Waals surface area (Å²) in [5, 5.41) is 0. The second-order valence-electron chi connectivity index (χ2n) is 6.90. The number of ether oxygens (including phenoxy) is 1. The van der Waals surface area contributed by atoms with Crippen LogP contribution in [0.1, 0.15) is 41.4 Å². The maximum atomic E-state index is 13.2. The second-order valence-corrected chi connectivity index (χ2v) is 6.90. The van der Waals surface area contributed by atoms with Crippen molar-refractivity contribution in [3.05, 3.63) is 78.2 Å². The Labute approximate surface area is 165 Å². The summed E-state index contributed by atoms with van der Waals surface area (Å²) in [6.07, 6.45) is 6.62.